The monoisotopic (exact) mass is 286 g/mol. The number of ether oxygens (including phenoxy) is 1. The van der Waals surface area contributed by atoms with Gasteiger partial charge in [0.1, 0.15) is 5.82 Å². The summed E-state index contributed by atoms with van der Waals surface area (Å²) in [5.74, 6) is -5.67. The highest BCUT2D eigenvalue weighted by Crippen LogP contribution is 2.45. The fraction of sp³-hybridized carbons (Fsp3) is 0.500. The molecule has 1 aromatic rings. The Balaban J connectivity index is 3.12. The lowest BCUT2D eigenvalue weighted by atomic mass is 9.89. The lowest BCUT2D eigenvalue weighted by Gasteiger charge is -2.33. The predicted molar refractivity (Wildman–Crippen MR) is 56.4 cm³/mol. The third-order valence-electron chi connectivity index (χ3n) is 2.86. The van der Waals surface area contributed by atoms with Crippen LogP contribution in [0.5, 0.6) is 0 Å². The Morgan fingerprint density at radius 1 is 1.11 bits per heavy atom. The van der Waals surface area contributed by atoms with Crippen LogP contribution in [0.15, 0.2) is 24.3 Å². The molecule has 0 amide bonds. The molecule has 0 aliphatic rings. The quantitative estimate of drug-likeness (QED) is 0.751. The third kappa shape index (κ3) is 3.40. The molecule has 0 aliphatic heterocycles. The van der Waals surface area contributed by atoms with Gasteiger partial charge >= 0.3 is 12.1 Å². The summed E-state index contributed by atoms with van der Waals surface area (Å²) in [6, 6.07) is 4.38. The highest BCUT2D eigenvalue weighted by molar-refractivity contribution is 5.23. The van der Waals surface area contributed by atoms with Gasteiger partial charge in [-0.1, -0.05) is 12.1 Å². The summed E-state index contributed by atoms with van der Waals surface area (Å²) in [7, 11) is 0.997. The zero-order valence-electron chi connectivity index (χ0n) is 10.2. The van der Waals surface area contributed by atoms with Crippen molar-refractivity contribution in [3.63, 3.8) is 0 Å². The first-order valence-corrected chi connectivity index (χ1v) is 5.27. The van der Waals surface area contributed by atoms with Crippen molar-refractivity contribution in [3.05, 3.63) is 35.6 Å². The molecule has 1 atom stereocenters. The molecule has 19 heavy (non-hydrogen) atoms. The third-order valence-corrected chi connectivity index (χ3v) is 2.86. The van der Waals surface area contributed by atoms with E-state index in [1.165, 1.54) is 12.1 Å². The van der Waals surface area contributed by atoms with E-state index in [0.717, 1.165) is 26.2 Å². The summed E-state index contributed by atoms with van der Waals surface area (Å²) in [4.78, 5) is 0. The largest absolute Gasteiger partial charge is 0.453 e. The Kier molecular flexibility index (Phi) is 4.19. The summed E-state index contributed by atoms with van der Waals surface area (Å²) in [6.07, 6.45) is -7.30. The normalized spacial score (nSPS) is 16.2. The van der Waals surface area contributed by atoms with Gasteiger partial charge in [-0.3, -0.25) is 0 Å². The van der Waals surface area contributed by atoms with Gasteiger partial charge in [-0.2, -0.15) is 22.0 Å². The van der Waals surface area contributed by atoms with Crippen LogP contribution in [0.1, 0.15) is 18.9 Å². The molecule has 1 aromatic carbocycles. The second-order valence-electron chi connectivity index (χ2n) is 4.32. The van der Waals surface area contributed by atoms with Crippen molar-refractivity contribution in [2.24, 2.45) is 0 Å². The van der Waals surface area contributed by atoms with Gasteiger partial charge in [-0.15, -0.1) is 0 Å². The van der Waals surface area contributed by atoms with Crippen LogP contribution in [0.2, 0.25) is 0 Å². The molecule has 1 nitrogen and oxygen atoms in total. The predicted octanol–water partition coefficient (Wildman–Crippen LogP) is 4.28. The van der Waals surface area contributed by atoms with E-state index in [2.05, 4.69) is 0 Å². The van der Waals surface area contributed by atoms with E-state index in [-0.39, 0.29) is 5.56 Å². The summed E-state index contributed by atoms with van der Waals surface area (Å²) < 4.78 is 80.6. The topological polar surface area (TPSA) is 9.23 Å². The molecule has 0 N–H and O–H groups in total. The molecule has 1 rings (SSSR count). The lowest BCUT2D eigenvalue weighted by Crippen LogP contribution is -2.43. The maximum atomic E-state index is 13.1. The molecule has 1 unspecified atom stereocenters. The van der Waals surface area contributed by atoms with Gasteiger partial charge < -0.3 is 4.74 Å². The molecule has 0 aliphatic carbocycles. The fourth-order valence-corrected chi connectivity index (χ4v) is 1.63. The number of halogens is 6. The molecule has 0 fully saturated rings. The van der Waals surface area contributed by atoms with Crippen molar-refractivity contribution in [2.75, 3.05) is 7.11 Å². The van der Waals surface area contributed by atoms with Crippen molar-refractivity contribution in [2.45, 2.75) is 31.0 Å². The van der Waals surface area contributed by atoms with E-state index in [9.17, 15) is 26.3 Å². The minimum Gasteiger partial charge on any atom is -0.374 e. The number of rotatable bonds is 4. The SMILES string of the molecule is COC(C)(CC(F)(F)C(F)(F)F)c1cccc(F)c1. The number of methoxy groups -OCH3 is 1. The molecule has 0 radical (unpaired) electrons. The van der Waals surface area contributed by atoms with Gasteiger partial charge in [0.05, 0.1) is 12.0 Å². The van der Waals surface area contributed by atoms with Crippen LogP contribution in [0.3, 0.4) is 0 Å². The fourth-order valence-electron chi connectivity index (χ4n) is 1.63. The first kappa shape index (κ1) is 15.8. The molecule has 0 spiro atoms. The Morgan fingerprint density at radius 3 is 2.11 bits per heavy atom. The average Bonchev–Trinajstić information content (AvgIpc) is 2.26. The molecular weight excluding hydrogens is 274 g/mol. The zero-order chi connectivity index (χ0) is 14.9. The molecule has 0 aromatic heterocycles. The minimum absolute atomic E-state index is 0.0843. The Morgan fingerprint density at radius 2 is 1.68 bits per heavy atom. The van der Waals surface area contributed by atoms with Gasteiger partial charge in [0.15, 0.2) is 0 Å². The summed E-state index contributed by atoms with van der Waals surface area (Å²) in [5, 5.41) is 0. The van der Waals surface area contributed by atoms with E-state index in [1.54, 1.807) is 0 Å². The number of alkyl halides is 5. The molecule has 0 bridgehead atoms. The first-order valence-electron chi connectivity index (χ1n) is 5.27. The van der Waals surface area contributed by atoms with Crippen LogP contribution in [-0.4, -0.2) is 19.2 Å². The van der Waals surface area contributed by atoms with Crippen molar-refractivity contribution in [1.29, 1.82) is 0 Å². The number of benzene rings is 1. The van der Waals surface area contributed by atoms with Crippen molar-refractivity contribution < 1.29 is 31.1 Å². The van der Waals surface area contributed by atoms with Gasteiger partial charge in [-0.25, -0.2) is 4.39 Å². The summed E-state index contributed by atoms with van der Waals surface area (Å²) in [5.41, 5.74) is -2.03. The average molecular weight is 286 g/mol. The van der Waals surface area contributed by atoms with E-state index < -0.39 is 29.9 Å². The maximum absolute atomic E-state index is 13.1. The minimum atomic E-state index is -5.68. The molecule has 0 saturated heterocycles. The Bertz CT molecular complexity index is 442. The van der Waals surface area contributed by atoms with Crippen LogP contribution in [0.25, 0.3) is 0 Å². The second kappa shape index (κ2) is 5.03. The van der Waals surface area contributed by atoms with Gasteiger partial charge in [-0.05, 0) is 24.6 Å². The number of hydrogen-bond donors (Lipinski definition) is 0. The molecule has 0 saturated carbocycles. The van der Waals surface area contributed by atoms with Gasteiger partial charge in [0, 0.05) is 7.11 Å². The Hall–Kier alpha value is -1.24. The molecule has 0 heterocycles. The highest BCUT2D eigenvalue weighted by atomic mass is 19.4. The smallest absolute Gasteiger partial charge is 0.374 e. The van der Waals surface area contributed by atoms with Crippen molar-refractivity contribution in [1.82, 2.24) is 0 Å². The van der Waals surface area contributed by atoms with Crippen LogP contribution in [0.4, 0.5) is 26.3 Å². The van der Waals surface area contributed by atoms with E-state index in [1.807, 2.05) is 0 Å². The Labute approximate surface area is 106 Å². The second-order valence-corrected chi connectivity index (χ2v) is 4.32. The molecular formula is C12H12F6O. The lowest BCUT2D eigenvalue weighted by molar-refractivity contribution is -0.298. The summed E-state index contributed by atoms with van der Waals surface area (Å²) in [6.45, 7) is 1.06. The molecule has 7 heteroatoms. The van der Waals surface area contributed by atoms with Crippen LogP contribution in [-0.2, 0) is 10.3 Å². The van der Waals surface area contributed by atoms with Crippen LogP contribution < -0.4 is 0 Å². The first-order chi connectivity index (χ1) is 8.52. The van der Waals surface area contributed by atoms with Gasteiger partial charge in [0.25, 0.3) is 0 Å². The maximum Gasteiger partial charge on any atom is 0.453 e. The highest BCUT2D eigenvalue weighted by Gasteiger charge is 2.60. The summed E-state index contributed by atoms with van der Waals surface area (Å²) >= 11 is 0. The van der Waals surface area contributed by atoms with Crippen molar-refractivity contribution >= 4 is 0 Å². The van der Waals surface area contributed by atoms with E-state index >= 15 is 0 Å². The van der Waals surface area contributed by atoms with E-state index in [0.29, 0.717) is 0 Å². The standard InChI is InChI=1S/C12H12F6O/c1-10(19-2,7-11(14,15)12(16,17)18)8-4-3-5-9(13)6-8/h3-6H,7H2,1-2H3. The van der Waals surface area contributed by atoms with Crippen molar-refractivity contribution in [3.8, 4) is 0 Å². The number of hydrogen-bond acceptors (Lipinski definition) is 1. The van der Waals surface area contributed by atoms with E-state index in [4.69, 9.17) is 4.74 Å². The van der Waals surface area contributed by atoms with Gasteiger partial charge in [0.2, 0.25) is 0 Å². The van der Waals surface area contributed by atoms with Crippen LogP contribution in [0, 0.1) is 5.82 Å². The zero-order valence-corrected chi connectivity index (χ0v) is 10.2. The van der Waals surface area contributed by atoms with Crippen LogP contribution >= 0.6 is 0 Å². The molecule has 108 valence electrons.